The summed E-state index contributed by atoms with van der Waals surface area (Å²) in [5.41, 5.74) is 0.214. The van der Waals surface area contributed by atoms with Crippen LogP contribution < -0.4 is 10.1 Å². The zero-order valence-electron chi connectivity index (χ0n) is 12.2. The van der Waals surface area contributed by atoms with Crippen LogP contribution in [0.4, 0.5) is 0 Å². The van der Waals surface area contributed by atoms with Gasteiger partial charge in [-0.3, -0.25) is 9.59 Å². The molecular formula is C16H21NO4. The molecule has 0 unspecified atom stereocenters. The number of hydrogen-bond acceptors (Lipinski definition) is 3. The minimum Gasteiger partial charge on any atom is -0.493 e. The number of benzene rings is 1. The Balaban J connectivity index is 2.00. The van der Waals surface area contributed by atoms with Crippen molar-refractivity contribution in [1.29, 1.82) is 0 Å². The van der Waals surface area contributed by atoms with Crippen molar-refractivity contribution >= 4 is 11.9 Å². The number of carboxylic acids is 1. The molecule has 0 aromatic heterocycles. The van der Waals surface area contributed by atoms with Crippen molar-refractivity contribution in [2.24, 2.45) is 5.41 Å². The molecule has 1 aromatic carbocycles. The van der Waals surface area contributed by atoms with Crippen molar-refractivity contribution in [3.63, 3.8) is 0 Å². The van der Waals surface area contributed by atoms with E-state index >= 15 is 0 Å². The van der Waals surface area contributed by atoms with Gasteiger partial charge in [0.25, 0.3) is 5.91 Å². The van der Waals surface area contributed by atoms with Gasteiger partial charge in [-0.2, -0.15) is 0 Å². The molecule has 1 aliphatic carbocycles. The van der Waals surface area contributed by atoms with Crippen LogP contribution in [-0.4, -0.2) is 30.1 Å². The van der Waals surface area contributed by atoms with Gasteiger partial charge in [-0.1, -0.05) is 18.6 Å². The van der Waals surface area contributed by atoms with E-state index in [4.69, 9.17) is 9.84 Å². The van der Waals surface area contributed by atoms with Crippen molar-refractivity contribution in [2.45, 2.75) is 32.6 Å². The molecule has 1 aliphatic rings. The van der Waals surface area contributed by atoms with E-state index in [1.54, 1.807) is 18.2 Å². The van der Waals surface area contributed by atoms with Crippen molar-refractivity contribution in [2.75, 3.05) is 13.2 Å². The first kappa shape index (κ1) is 15.4. The van der Waals surface area contributed by atoms with E-state index < -0.39 is 5.97 Å². The van der Waals surface area contributed by atoms with Crippen molar-refractivity contribution < 1.29 is 19.4 Å². The molecule has 0 atom stereocenters. The Morgan fingerprint density at radius 3 is 2.62 bits per heavy atom. The Bertz CT molecular complexity index is 523. The van der Waals surface area contributed by atoms with Gasteiger partial charge in [0, 0.05) is 6.54 Å². The number of rotatable bonds is 7. The maximum atomic E-state index is 12.3. The number of aliphatic carboxylic acids is 1. The number of ether oxygens (including phenoxy) is 1. The summed E-state index contributed by atoms with van der Waals surface area (Å²) in [5.74, 6) is -0.465. The fourth-order valence-electron chi connectivity index (χ4n) is 2.71. The quantitative estimate of drug-likeness (QED) is 0.809. The van der Waals surface area contributed by atoms with Gasteiger partial charge in [0.1, 0.15) is 5.75 Å². The largest absolute Gasteiger partial charge is 0.493 e. The summed E-state index contributed by atoms with van der Waals surface area (Å²) < 4.78 is 5.44. The SMILES string of the molecule is CCOc1ccccc1C(=O)NCC1(CC(=O)O)CCC1. The Labute approximate surface area is 124 Å². The van der Waals surface area contributed by atoms with E-state index in [1.165, 1.54) is 0 Å². The minimum absolute atomic E-state index is 0.111. The standard InChI is InChI=1S/C16H21NO4/c1-2-21-13-7-4-3-6-12(13)15(20)17-11-16(8-5-9-16)10-14(18)19/h3-4,6-7H,2,5,8-11H2,1H3,(H,17,20)(H,18,19). The van der Waals surface area contributed by atoms with Crippen molar-refractivity contribution in [3.8, 4) is 5.75 Å². The molecular weight excluding hydrogens is 270 g/mol. The molecule has 1 amide bonds. The number of carboxylic acid groups (broad SMARTS) is 1. The van der Waals surface area contributed by atoms with Crippen LogP contribution in [0, 0.1) is 5.41 Å². The second-order valence-corrected chi connectivity index (χ2v) is 5.54. The van der Waals surface area contributed by atoms with Gasteiger partial charge in [0.05, 0.1) is 18.6 Å². The summed E-state index contributed by atoms with van der Waals surface area (Å²) in [6.45, 7) is 2.76. The third-order valence-corrected chi connectivity index (χ3v) is 4.00. The summed E-state index contributed by atoms with van der Waals surface area (Å²) in [6.07, 6.45) is 2.85. The average Bonchev–Trinajstić information content (AvgIpc) is 2.42. The monoisotopic (exact) mass is 291 g/mol. The number of hydrogen-bond donors (Lipinski definition) is 2. The fraction of sp³-hybridized carbons (Fsp3) is 0.500. The first-order valence-electron chi connectivity index (χ1n) is 7.28. The lowest BCUT2D eigenvalue weighted by molar-refractivity contribution is -0.141. The fourth-order valence-corrected chi connectivity index (χ4v) is 2.71. The highest BCUT2D eigenvalue weighted by atomic mass is 16.5. The van der Waals surface area contributed by atoms with Crippen LogP contribution in [0.15, 0.2) is 24.3 Å². The normalized spacial score (nSPS) is 15.9. The van der Waals surface area contributed by atoms with E-state index in [0.717, 1.165) is 19.3 Å². The summed E-state index contributed by atoms with van der Waals surface area (Å²) in [7, 11) is 0. The second kappa shape index (κ2) is 6.61. The topological polar surface area (TPSA) is 75.6 Å². The summed E-state index contributed by atoms with van der Waals surface area (Å²) in [6, 6.07) is 7.08. The van der Waals surface area contributed by atoms with E-state index in [9.17, 15) is 9.59 Å². The summed E-state index contributed by atoms with van der Waals surface area (Å²) in [4.78, 5) is 23.2. The Morgan fingerprint density at radius 2 is 2.05 bits per heavy atom. The van der Waals surface area contributed by atoms with Crippen LogP contribution >= 0.6 is 0 Å². The average molecular weight is 291 g/mol. The van der Waals surface area contributed by atoms with Gasteiger partial charge in [-0.05, 0) is 37.3 Å². The van der Waals surface area contributed by atoms with E-state index in [2.05, 4.69) is 5.32 Å². The van der Waals surface area contributed by atoms with Gasteiger partial charge in [-0.25, -0.2) is 0 Å². The van der Waals surface area contributed by atoms with E-state index in [-0.39, 0.29) is 17.7 Å². The van der Waals surface area contributed by atoms with Crippen molar-refractivity contribution in [1.82, 2.24) is 5.32 Å². The molecule has 2 N–H and O–H groups in total. The Hall–Kier alpha value is -2.04. The highest BCUT2D eigenvalue weighted by Gasteiger charge is 2.39. The molecule has 0 saturated heterocycles. The lowest BCUT2D eigenvalue weighted by atomic mass is 9.66. The molecule has 2 rings (SSSR count). The number of nitrogens with one attached hydrogen (secondary N) is 1. The lowest BCUT2D eigenvalue weighted by Gasteiger charge is -2.40. The van der Waals surface area contributed by atoms with Gasteiger partial charge in [0.15, 0.2) is 0 Å². The van der Waals surface area contributed by atoms with Gasteiger partial charge in [0.2, 0.25) is 0 Å². The molecule has 0 spiro atoms. The molecule has 21 heavy (non-hydrogen) atoms. The zero-order valence-corrected chi connectivity index (χ0v) is 12.2. The number of carbonyl (C=O) groups is 2. The minimum atomic E-state index is -0.807. The highest BCUT2D eigenvalue weighted by Crippen LogP contribution is 2.43. The van der Waals surface area contributed by atoms with E-state index in [1.807, 2.05) is 13.0 Å². The number of para-hydroxylation sites is 1. The zero-order chi connectivity index (χ0) is 15.3. The number of carbonyl (C=O) groups excluding carboxylic acids is 1. The second-order valence-electron chi connectivity index (χ2n) is 5.54. The van der Waals surface area contributed by atoms with Crippen molar-refractivity contribution in [3.05, 3.63) is 29.8 Å². The smallest absolute Gasteiger partial charge is 0.303 e. The lowest BCUT2D eigenvalue weighted by Crippen LogP contribution is -2.43. The molecule has 0 heterocycles. The molecule has 0 aliphatic heterocycles. The first-order valence-corrected chi connectivity index (χ1v) is 7.28. The van der Waals surface area contributed by atoms with Crippen LogP contribution in [0.3, 0.4) is 0 Å². The third-order valence-electron chi connectivity index (χ3n) is 4.00. The van der Waals surface area contributed by atoms with Crippen LogP contribution in [-0.2, 0) is 4.79 Å². The van der Waals surface area contributed by atoms with Crippen LogP contribution in [0.5, 0.6) is 5.75 Å². The number of amides is 1. The predicted octanol–water partition coefficient (Wildman–Crippen LogP) is 2.46. The first-order chi connectivity index (χ1) is 10.1. The Morgan fingerprint density at radius 1 is 1.33 bits per heavy atom. The van der Waals surface area contributed by atoms with Crippen LogP contribution in [0.25, 0.3) is 0 Å². The molecule has 5 heteroatoms. The molecule has 5 nitrogen and oxygen atoms in total. The van der Waals surface area contributed by atoms with E-state index in [0.29, 0.717) is 24.5 Å². The molecule has 1 aromatic rings. The van der Waals surface area contributed by atoms with Crippen LogP contribution in [0.2, 0.25) is 0 Å². The highest BCUT2D eigenvalue weighted by molar-refractivity contribution is 5.96. The maximum Gasteiger partial charge on any atom is 0.303 e. The molecule has 114 valence electrons. The predicted molar refractivity (Wildman–Crippen MR) is 78.5 cm³/mol. The molecule has 0 radical (unpaired) electrons. The Kier molecular flexibility index (Phi) is 4.83. The van der Waals surface area contributed by atoms with Crippen LogP contribution in [0.1, 0.15) is 43.0 Å². The van der Waals surface area contributed by atoms with Gasteiger partial charge in [-0.15, -0.1) is 0 Å². The molecule has 1 saturated carbocycles. The summed E-state index contributed by atoms with van der Waals surface area (Å²) in [5, 5.41) is 11.8. The molecule has 1 fully saturated rings. The molecule has 0 bridgehead atoms. The third kappa shape index (κ3) is 3.74. The van der Waals surface area contributed by atoms with Gasteiger partial charge >= 0.3 is 5.97 Å². The maximum absolute atomic E-state index is 12.3. The summed E-state index contributed by atoms with van der Waals surface area (Å²) >= 11 is 0. The van der Waals surface area contributed by atoms with Gasteiger partial charge < -0.3 is 15.2 Å².